The Balaban J connectivity index is 1.57. The highest BCUT2D eigenvalue weighted by atomic mass is 16.2. The van der Waals surface area contributed by atoms with Crippen LogP contribution in [0.25, 0.3) is 0 Å². The molecule has 2 aliphatic rings. The zero-order valence-electron chi connectivity index (χ0n) is 13.8. The lowest BCUT2D eigenvalue weighted by Crippen LogP contribution is -2.40. The van der Waals surface area contributed by atoms with Crippen LogP contribution in [0.5, 0.6) is 0 Å². The molecule has 1 N–H and O–H groups in total. The molecule has 126 valence electrons. The van der Waals surface area contributed by atoms with E-state index in [0.717, 1.165) is 19.4 Å². The van der Waals surface area contributed by atoms with Crippen molar-refractivity contribution in [2.75, 3.05) is 6.54 Å². The van der Waals surface area contributed by atoms with Crippen LogP contribution in [0, 0.1) is 0 Å². The van der Waals surface area contributed by atoms with E-state index in [-0.39, 0.29) is 17.9 Å². The van der Waals surface area contributed by atoms with Crippen LogP contribution in [0.1, 0.15) is 62.2 Å². The number of rotatable bonds is 4. The van der Waals surface area contributed by atoms with Crippen LogP contribution in [-0.2, 0) is 11.3 Å². The Morgan fingerprint density at radius 3 is 2.70 bits per heavy atom. The summed E-state index contributed by atoms with van der Waals surface area (Å²) in [5, 5.41) is 7.12. The minimum absolute atomic E-state index is 0.0803. The smallest absolute Gasteiger partial charge is 0.254 e. The van der Waals surface area contributed by atoms with Crippen molar-refractivity contribution in [3.8, 4) is 0 Å². The lowest BCUT2D eigenvalue weighted by Gasteiger charge is -2.27. The normalized spacial score (nSPS) is 23.1. The Hall–Kier alpha value is -1.85. The van der Waals surface area contributed by atoms with Gasteiger partial charge in [0, 0.05) is 31.7 Å². The largest absolute Gasteiger partial charge is 0.347 e. The number of amides is 2. The zero-order chi connectivity index (χ0) is 16.2. The second-order valence-corrected chi connectivity index (χ2v) is 6.65. The molecular weight excluding hydrogens is 292 g/mol. The second-order valence-electron chi connectivity index (χ2n) is 6.65. The number of hydrogen-bond donors (Lipinski definition) is 1. The lowest BCUT2D eigenvalue weighted by molar-refractivity contribution is -0.129. The minimum atomic E-state index is -0.134. The van der Waals surface area contributed by atoms with Crippen molar-refractivity contribution >= 4 is 11.8 Å². The van der Waals surface area contributed by atoms with Gasteiger partial charge in [0.05, 0.1) is 17.8 Å². The van der Waals surface area contributed by atoms with E-state index in [2.05, 4.69) is 10.4 Å². The Morgan fingerprint density at radius 1 is 1.30 bits per heavy atom. The molecule has 0 bridgehead atoms. The fourth-order valence-corrected chi connectivity index (χ4v) is 3.67. The first-order chi connectivity index (χ1) is 11.2. The summed E-state index contributed by atoms with van der Waals surface area (Å²) in [6.07, 6.45) is 10.9. The molecule has 3 rings (SSSR count). The van der Waals surface area contributed by atoms with Crippen molar-refractivity contribution in [3.63, 3.8) is 0 Å². The maximum absolute atomic E-state index is 12.3. The first kappa shape index (κ1) is 16.0. The quantitative estimate of drug-likeness (QED) is 0.863. The molecule has 2 heterocycles. The number of carbonyl (C=O) groups excluding carboxylic acids is 2. The minimum Gasteiger partial charge on any atom is -0.347 e. The van der Waals surface area contributed by atoms with Crippen molar-refractivity contribution < 1.29 is 9.59 Å². The van der Waals surface area contributed by atoms with E-state index in [4.69, 9.17) is 0 Å². The first-order valence-corrected chi connectivity index (χ1v) is 8.80. The zero-order valence-corrected chi connectivity index (χ0v) is 13.8. The molecule has 0 radical (unpaired) electrons. The highest BCUT2D eigenvalue weighted by molar-refractivity contribution is 5.94. The predicted octanol–water partition coefficient (Wildman–Crippen LogP) is 1.96. The highest BCUT2D eigenvalue weighted by Crippen LogP contribution is 2.25. The second kappa shape index (κ2) is 7.15. The van der Waals surface area contributed by atoms with Crippen molar-refractivity contribution in [3.05, 3.63) is 18.0 Å². The molecule has 6 heteroatoms. The molecule has 1 aromatic rings. The Kier molecular flexibility index (Phi) is 4.98. The summed E-state index contributed by atoms with van der Waals surface area (Å²) in [5.41, 5.74) is 0.562. The standard InChI is InChI=1S/C17H26N4O2/c1-2-20-11-13(10-18-20)17(23)19-14-9-16(22)21(12-14)15-7-5-3-4-6-8-15/h10-11,14-15H,2-9,12H2,1H3,(H,19,23). The molecule has 1 atom stereocenters. The lowest BCUT2D eigenvalue weighted by atomic mass is 10.1. The molecule has 1 saturated carbocycles. The van der Waals surface area contributed by atoms with Gasteiger partial charge in [-0.05, 0) is 19.8 Å². The Labute approximate surface area is 137 Å². The van der Waals surface area contributed by atoms with E-state index in [0.29, 0.717) is 24.6 Å². The fraction of sp³-hybridized carbons (Fsp3) is 0.706. The number of nitrogens with one attached hydrogen (secondary N) is 1. The summed E-state index contributed by atoms with van der Waals surface area (Å²) < 4.78 is 1.73. The van der Waals surface area contributed by atoms with Crippen molar-refractivity contribution in [1.82, 2.24) is 20.0 Å². The SMILES string of the molecule is CCn1cc(C(=O)NC2CC(=O)N(C3CCCCCC3)C2)cn1. The highest BCUT2D eigenvalue weighted by Gasteiger charge is 2.35. The van der Waals surface area contributed by atoms with Gasteiger partial charge >= 0.3 is 0 Å². The first-order valence-electron chi connectivity index (χ1n) is 8.80. The molecule has 6 nitrogen and oxygen atoms in total. The van der Waals surface area contributed by atoms with Crippen molar-refractivity contribution in [2.24, 2.45) is 0 Å². The predicted molar refractivity (Wildman–Crippen MR) is 87.0 cm³/mol. The number of aromatic nitrogens is 2. The molecular formula is C17H26N4O2. The van der Waals surface area contributed by atoms with Crippen LogP contribution in [-0.4, -0.2) is 45.1 Å². The molecule has 0 spiro atoms. The fourth-order valence-electron chi connectivity index (χ4n) is 3.67. The third kappa shape index (κ3) is 3.74. The summed E-state index contributed by atoms with van der Waals surface area (Å²) in [5.74, 6) is 0.0525. The van der Waals surface area contributed by atoms with Crippen molar-refractivity contribution in [1.29, 1.82) is 0 Å². The number of hydrogen-bond acceptors (Lipinski definition) is 3. The molecule has 1 saturated heterocycles. The number of carbonyl (C=O) groups is 2. The molecule has 1 aliphatic carbocycles. The van der Waals surface area contributed by atoms with Gasteiger partial charge in [-0.1, -0.05) is 25.7 Å². The van der Waals surface area contributed by atoms with Gasteiger partial charge in [0.2, 0.25) is 5.91 Å². The van der Waals surface area contributed by atoms with Crippen LogP contribution in [0.4, 0.5) is 0 Å². The maximum Gasteiger partial charge on any atom is 0.254 e. The summed E-state index contributed by atoms with van der Waals surface area (Å²) in [6.45, 7) is 3.37. The Morgan fingerprint density at radius 2 is 2.04 bits per heavy atom. The van der Waals surface area contributed by atoms with Crippen LogP contribution >= 0.6 is 0 Å². The maximum atomic E-state index is 12.3. The topological polar surface area (TPSA) is 67.2 Å². The van der Waals surface area contributed by atoms with Gasteiger partial charge in [0.1, 0.15) is 0 Å². The summed E-state index contributed by atoms with van der Waals surface area (Å²) in [7, 11) is 0. The van der Waals surface area contributed by atoms with Gasteiger partial charge in [-0.2, -0.15) is 5.10 Å². The van der Waals surface area contributed by atoms with Gasteiger partial charge in [0.15, 0.2) is 0 Å². The van der Waals surface area contributed by atoms with E-state index < -0.39 is 0 Å². The molecule has 1 aliphatic heterocycles. The van der Waals surface area contributed by atoms with Crippen LogP contribution < -0.4 is 5.32 Å². The van der Waals surface area contributed by atoms with Gasteiger partial charge in [0.25, 0.3) is 5.91 Å². The molecule has 1 unspecified atom stereocenters. The average molecular weight is 318 g/mol. The van der Waals surface area contributed by atoms with Gasteiger partial charge in [-0.3, -0.25) is 14.3 Å². The molecule has 23 heavy (non-hydrogen) atoms. The Bertz CT molecular complexity index is 561. The molecule has 0 aromatic carbocycles. The third-order valence-electron chi connectivity index (χ3n) is 4.98. The van der Waals surface area contributed by atoms with Gasteiger partial charge in [-0.25, -0.2) is 0 Å². The monoisotopic (exact) mass is 318 g/mol. The number of likely N-dealkylation sites (tertiary alicyclic amines) is 1. The molecule has 2 amide bonds. The van der Waals surface area contributed by atoms with E-state index in [1.54, 1.807) is 17.1 Å². The van der Waals surface area contributed by atoms with E-state index >= 15 is 0 Å². The summed E-state index contributed by atoms with van der Waals surface area (Å²) >= 11 is 0. The van der Waals surface area contributed by atoms with E-state index in [9.17, 15) is 9.59 Å². The molecule has 2 fully saturated rings. The van der Waals surface area contributed by atoms with Gasteiger partial charge in [-0.15, -0.1) is 0 Å². The number of aryl methyl sites for hydroxylation is 1. The van der Waals surface area contributed by atoms with Crippen LogP contribution in [0.15, 0.2) is 12.4 Å². The molecule has 1 aromatic heterocycles. The third-order valence-corrected chi connectivity index (χ3v) is 4.98. The van der Waals surface area contributed by atoms with E-state index in [1.807, 2.05) is 11.8 Å². The summed E-state index contributed by atoms with van der Waals surface area (Å²) in [6, 6.07) is 0.290. The van der Waals surface area contributed by atoms with Gasteiger partial charge < -0.3 is 10.2 Å². The van der Waals surface area contributed by atoms with Crippen LogP contribution in [0.2, 0.25) is 0 Å². The summed E-state index contributed by atoms with van der Waals surface area (Å²) in [4.78, 5) is 26.6. The average Bonchev–Trinajstić information content (AvgIpc) is 3.06. The van der Waals surface area contributed by atoms with E-state index in [1.165, 1.54) is 25.7 Å². The van der Waals surface area contributed by atoms with Crippen molar-refractivity contribution in [2.45, 2.75) is 70.5 Å². The number of nitrogens with zero attached hydrogens (tertiary/aromatic N) is 3. The van der Waals surface area contributed by atoms with Crippen LogP contribution in [0.3, 0.4) is 0 Å².